The van der Waals surface area contributed by atoms with E-state index < -0.39 is 0 Å². The van der Waals surface area contributed by atoms with E-state index in [2.05, 4.69) is 15.9 Å². The van der Waals surface area contributed by atoms with E-state index in [0.29, 0.717) is 5.76 Å². The molecule has 110 valence electrons. The first-order valence-corrected chi connectivity index (χ1v) is 7.40. The lowest BCUT2D eigenvalue weighted by Gasteiger charge is -2.36. The highest BCUT2D eigenvalue weighted by Crippen LogP contribution is 2.26. The summed E-state index contributed by atoms with van der Waals surface area (Å²) >= 11 is 6.24. The monoisotopic (exact) mass is 304 g/mol. The van der Waals surface area contributed by atoms with E-state index in [-0.39, 0.29) is 0 Å². The van der Waals surface area contributed by atoms with Crippen molar-refractivity contribution in [3.05, 3.63) is 52.9 Å². The smallest absolute Gasteiger partial charge is 0.185 e. The van der Waals surface area contributed by atoms with Gasteiger partial charge in [-0.1, -0.05) is 23.7 Å². The Kier molecular flexibility index (Phi) is 4.27. The standard InChI is InChI=1S/C16H17ClN2O2/c17-15-3-1-2-4-16(15)19-9-7-18(8-10-19)11-13-5-6-14(12-20)21-13/h1-6,12H,7-11H2. The molecule has 0 atom stereocenters. The number of furan rings is 1. The van der Waals surface area contributed by atoms with Crippen LogP contribution in [0.3, 0.4) is 0 Å². The van der Waals surface area contributed by atoms with Crippen LogP contribution in [-0.2, 0) is 6.54 Å². The first-order chi connectivity index (χ1) is 10.3. The molecule has 1 aliphatic rings. The van der Waals surface area contributed by atoms with Crippen molar-refractivity contribution in [2.75, 3.05) is 31.1 Å². The van der Waals surface area contributed by atoms with Gasteiger partial charge < -0.3 is 9.32 Å². The number of hydrogen-bond acceptors (Lipinski definition) is 4. The van der Waals surface area contributed by atoms with Gasteiger partial charge >= 0.3 is 0 Å². The van der Waals surface area contributed by atoms with Crippen LogP contribution in [0.5, 0.6) is 0 Å². The Bertz CT molecular complexity index is 618. The predicted molar refractivity (Wildman–Crippen MR) is 83.0 cm³/mol. The van der Waals surface area contributed by atoms with Crippen molar-refractivity contribution in [1.29, 1.82) is 0 Å². The number of piperazine rings is 1. The van der Waals surface area contributed by atoms with Gasteiger partial charge in [0.2, 0.25) is 0 Å². The van der Waals surface area contributed by atoms with E-state index in [1.54, 1.807) is 6.07 Å². The van der Waals surface area contributed by atoms with Crippen LogP contribution >= 0.6 is 11.6 Å². The second-order valence-corrected chi connectivity index (χ2v) is 5.54. The fourth-order valence-corrected chi connectivity index (χ4v) is 2.87. The number of carbonyl (C=O) groups is 1. The summed E-state index contributed by atoms with van der Waals surface area (Å²) < 4.78 is 5.42. The molecule has 0 bridgehead atoms. The SMILES string of the molecule is O=Cc1ccc(CN2CCN(c3ccccc3Cl)CC2)o1. The van der Waals surface area contributed by atoms with Crippen molar-refractivity contribution >= 4 is 23.6 Å². The van der Waals surface area contributed by atoms with Gasteiger partial charge in [0, 0.05) is 26.2 Å². The number of benzene rings is 1. The number of nitrogens with zero attached hydrogens (tertiary/aromatic N) is 2. The summed E-state index contributed by atoms with van der Waals surface area (Å²) in [5, 5.41) is 0.799. The highest BCUT2D eigenvalue weighted by Gasteiger charge is 2.19. The van der Waals surface area contributed by atoms with Crippen molar-refractivity contribution < 1.29 is 9.21 Å². The number of hydrogen-bond donors (Lipinski definition) is 0. The number of aldehydes is 1. The van der Waals surface area contributed by atoms with Crippen LogP contribution in [0.2, 0.25) is 5.02 Å². The molecule has 1 fully saturated rings. The molecule has 2 heterocycles. The molecule has 0 spiro atoms. The fraction of sp³-hybridized carbons (Fsp3) is 0.312. The topological polar surface area (TPSA) is 36.7 Å². The maximum atomic E-state index is 10.6. The zero-order valence-corrected chi connectivity index (χ0v) is 12.4. The third kappa shape index (κ3) is 3.28. The Morgan fingerprint density at radius 3 is 2.52 bits per heavy atom. The van der Waals surface area contributed by atoms with Gasteiger partial charge in [-0.05, 0) is 24.3 Å². The molecule has 0 saturated carbocycles. The van der Waals surface area contributed by atoms with Crippen molar-refractivity contribution in [1.82, 2.24) is 4.90 Å². The molecule has 3 rings (SSSR count). The second-order valence-electron chi connectivity index (χ2n) is 5.14. The maximum Gasteiger partial charge on any atom is 0.185 e. The summed E-state index contributed by atoms with van der Waals surface area (Å²) in [7, 11) is 0. The van der Waals surface area contributed by atoms with Gasteiger partial charge in [0.25, 0.3) is 0 Å². The number of carbonyl (C=O) groups excluding carboxylic acids is 1. The quantitative estimate of drug-likeness (QED) is 0.814. The van der Waals surface area contributed by atoms with E-state index in [1.165, 1.54) is 0 Å². The molecule has 0 N–H and O–H groups in total. The zero-order chi connectivity index (χ0) is 14.7. The van der Waals surface area contributed by atoms with Gasteiger partial charge in [-0.15, -0.1) is 0 Å². The van der Waals surface area contributed by atoms with Crippen LogP contribution in [0.4, 0.5) is 5.69 Å². The Labute approximate surface area is 128 Å². The van der Waals surface area contributed by atoms with Crippen molar-refractivity contribution in [3.8, 4) is 0 Å². The number of rotatable bonds is 4. The molecule has 1 saturated heterocycles. The lowest BCUT2D eigenvalue weighted by Crippen LogP contribution is -2.46. The van der Waals surface area contributed by atoms with Gasteiger partial charge in [-0.2, -0.15) is 0 Å². The molecule has 0 radical (unpaired) electrons. The lowest BCUT2D eigenvalue weighted by molar-refractivity contribution is 0.109. The Hall–Kier alpha value is -1.78. The van der Waals surface area contributed by atoms with E-state index in [0.717, 1.165) is 55.5 Å². The van der Waals surface area contributed by atoms with Crippen LogP contribution in [0, 0.1) is 0 Å². The van der Waals surface area contributed by atoms with Crippen LogP contribution < -0.4 is 4.90 Å². The average Bonchev–Trinajstić information content (AvgIpc) is 2.96. The predicted octanol–water partition coefficient (Wildman–Crippen LogP) is 3.07. The Morgan fingerprint density at radius 2 is 1.86 bits per heavy atom. The third-order valence-corrected chi connectivity index (χ3v) is 4.06. The summed E-state index contributed by atoms with van der Waals surface area (Å²) in [5.74, 6) is 1.22. The van der Waals surface area contributed by atoms with Crippen molar-refractivity contribution in [3.63, 3.8) is 0 Å². The molecule has 1 aromatic carbocycles. The highest BCUT2D eigenvalue weighted by molar-refractivity contribution is 6.33. The third-order valence-electron chi connectivity index (χ3n) is 3.74. The Balaban J connectivity index is 1.58. The summed E-state index contributed by atoms with van der Waals surface area (Å²) in [5.41, 5.74) is 1.10. The zero-order valence-electron chi connectivity index (χ0n) is 11.7. The van der Waals surface area contributed by atoms with E-state index in [9.17, 15) is 4.79 Å². The second kappa shape index (κ2) is 6.33. The van der Waals surface area contributed by atoms with Crippen molar-refractivity contribution in [2.45, 2.75) is 6.54 Å². The van der Waals surface area contributed by atoms with E-state index in [4.69, 9.17) is 16.0 Å². The molecular formula is C16H17ClN2O2. The summed E-state index contributed by atoms with van der Waals surface area (Å²) in [6.07, 6.45) is 0.735. The summed E-state index contributed by atoms with van der Waals surface area (Å²) in [4.78, 5) is 15.2. The average molecular weight is 305 g/mol. The molecule has 1 aliphatic heterocycles. The number of para-hydroxylation sites is 1. The largest absolute Gasteiger partial charge is 0.457 e. The van der Waals surface area contributed by atoms with Crippen LogP contribution in [0.15, 0.2) is 40.8 Å². The van der Waals surface area contributed by atoms with Crippen LogP contribution in [-0.4, -0.2) is 37.4 Å². The summed E-state index contributed by atoms with van der Waals surface area (Å²) in [6.45, 7) is 4.50. The minimum absolute atomic E-state index is 0.389. The lowest BCUT2D eigenvalue weighted by atomic mass is 10.2. The number of halogens is 1. The van der Waals surface area contributed by atoms with Gasteiger partial charge in [-0.25, -0.2) is 0 Å². The molecule has 0 amide bonds. The molecular weight excluding hydrogens is 288 g/mol. The van der Waals surface area contributed by atoms with Crippen LogP contribution in [0.1, 0.15) is 16.3 Å². The summed E-state index contributed by atoms with van der Waals surface area (Å²) in [6, 6.07) is 11.5. The van der Waals surface area contributed by atoms with E-state index >= 15 is 0 Å². The molecule has 21 heavy (non-hydrogen) atoms. The maximum absolute atomic E-state index is 10.6. The minimum Gasteiger partial charge on any atom is -0.457 e. The highest BCUT2D eigenvalue weighted by atomic mass is 35.5. The Morgan fingerprint density at radius 1 is 1.10 bits per heavy atom. The molecule has 0 unspecified atom stereocenters. The van der Waals surface area contributed by atoms with Gasteiger partial charge in [0.05, 0.1) is 17.3 Å². The molecule has 0 aliphatic carbocycles. The van der Waals surface area contributed by atoms with Gasteiger partial charge in [0.15, 0.2) is 12.0 Å². The van der Waals surface area contributed by atoms with Crippen molar-refractivity contribution in [2.24, 2.45) is 0 Å². The van der Waals surface area contributed by atoms with Gasteiger partial charge in [0.1, 0.15) is 5.76 Å². The van der Waals surface area contributed by atoms with E-state index in [1.807, 2.05) is 24.3 Å². The molecule has 5 heteroatoms. The minimum atomic E-state index is 0.389. The fourth-order valence-electron chi connectivity index (χ4n) is 2.62. The molecule has 2 aromatic rings. The first kappa shape index (κ1) is 14.2. The van der Waals surface area contributed by atoms with Gasteiger partial charge in [-0.3, -0.25) is 9.69 Å². The van der Waals surface area contributed by atoms with Crippen LogP contribution in [0.25, 0.3) is 0 Å². The normalized spacial score (nSPS) is 16.1. The molecule has 4 nitrogen and oxygen atoms in total. The molecule has 1 aromatic heterocycles. The first-order valence-electron chi connectivity index (χ1n) is 7.02. The number of anilines is 1.